The second-order valence-electron chi connectivity index (χ2n) is 7.51. The monoisotopic (exact) mass is 528 g/mol. The van der Waals surface area contributed by atoms with Gasteiger partial charge in [-0.05, 0) is 49.2 Å². The summed E-state index contributed by atoms with van der Waals surface area (Å²) in [6.45, 7) is 6.69. The highest BCUT2D eigenvalue weighted by atomic mass is 79.9. The van der Waals surface area contributed by atoms with Crippen LogP contribution in [0.15, 0.2) is 52.1 Å². The fourth-order valence-electron chi connectivity index (χ4n) is 3.26. The van der Waals surface area contributed by atoms with E-state index in [1.165, 1.54) is 11.8 Å². The number of anilines is 4. The molecular weight excluding hydrogens is 504 g/mol. The lowest BCUT2D eigenvalue weighted by molar-refractivity contribution is -0.113. The van der Waals surface area contributed by atoms with Crippen molar-refractivity contribution in [2.24, 2.45) is 0 Å². The van der Waals surface area contributed by atoms with E-state index in [0.717, 1.165) is 27.0 Å². The first-order valence-corrected chi connectivity index (χ1v) is 12.4. The molecule has 2 aromatic carbocycles. The van der Waals surface area contributed by atoms with Crippen LogP contribution in [0.25, 0.3) is 0 Å². The lowest BCUT2D eigenvalue weighted by Gasteiger charge is -2.27. The number of morpholine rings is 1. The lowest BCUT2D eigenvalue weighted by atomic mass is 10.1. The average molecular weight is 529 g/mol. The van der Waals surface area contributed by atoms with E-state index in [-0.39, 0.29) is 11.7 Å². The van der Waals surface area contributed by atoms with Crippen molar-refractivity contribution >= 4 is 56.9 Å². The molecule has 0 atom stereocenters. The molecule has 1 saturated heterocycles. The maximum absolute atomic E-state index is 12.6. The minimum absolute atomic E-state index is 0.115. The summed E-state index contributed by atoms with van der Waals surface area (Å²) in [4.78, 5) is 28.4. The Bertz CT molecular complexity index is 1130. The fourth-order valence-corrected chi connectivity index (χ4v) is 4.32. The maximum Gasteiger partial charge on any atom is 0.234 e. The predicted molar refractivity (Wildman–Crippen MR) is 136 cm³/mol. The molecule has 1 amide bonds. The first-order chi connectivity index (χ1) is 16.0. The van der Waals surface area contributed by atoms with E-state index in [9.17, 15) is 4.79 Å². The topological polar surface area (TPSA) is 92.3 Å². The number of nitrogens with one attached hydrogen (secondary N) is 2. The molecule has 4 rings (SSSR count). The summed E-state index contributed by atoms with van der Waals surface area (Å²) >= 11 is 4.80. The van der Waals surface area contributed by atoms with Gasteiger partial charge in [-0.3, -0.25) is 4.79 Å². The van der Waals surface area contributed by atoms with Gasteiger partial charge in [0.05, 0.1) is 19.0 Å². The molecule has 0 saturated carbocycles. The quantitative estimate of drug-likeness (QED) is 0.431. The number of halogens is 1. The third kappa shape index (κ3) is 6.21. The van der Waals surface area contributed by atoms with Crippen molar-refractivity contribution in [2.75, 3.05) is 47.6 Å². The van der Waals surface area contributed by atoms with Gasteiger partial charge in [-0.2, -0.15) is 15.0 Å². The Balaban J connectivity index is 1.49. The Labute approximate surface area is 205 Å². The Morgan fingerprint density at radius 1 is 1.06 bits per heavy atom. The molecule has 2 heterocycles. The van der Waals surface area contributed by atoms with Gasteiger partial charge < -0.3 is 20.3 Å². The number of ether oxygens (including phenoxy) is 1. The summed E-state index contributed by atoms with van der Waals surface area (Å²) in [5.41, 5.74) is 3.82. The largest absolute Gasteiger partial charge is 0.378 e. The zero-order chi connectivity index (χ0) is 23.2. The van der Waals surface area contributed by atoms with E-state index < -0.39 is 0 Å². The molecule has 0 spiro atoms. The number of rotatable bonds is 7. The summed E-state index contributed by atoms with van der Waals surface area (Å²) in [5, 5.41) is 6.71. The second-order valence-corrected chi connectivity index (χ2v) is 9.31. The van der Waals surface area contributed by atoms with Crippen LogP contribution in [-0.4, -0.2) is 52.9 Å². The van der Waals surface area contributed by atoms with E-state index in [4.69, 9.17) is 4.74 Å². The first-order valence-electron chi connectivity index (χ1n) is 10.6. The molecule has 33 heavy (non-hydrogen) atoms. The van der Waals surface area contributed by atoms with E-state index >= 15 is 0 Å². The summed E-state index contributed by atoms with van der Waals surface area (Å²) < 4.78 is 6.47. The Hall–Kier alpha value is -2.69. The number of benzene rings is 2. The van der Waals surface area contributed by atoms with Crippen molar-refractivity contribution in [3.05, 3.63) is 58.1 Å². The number of amides is 1. The van der Waals surface area contributed by atoms with E-state index in [1.54, 1.807) is 0 Å². The highest BCUT2D eigenvalue weighted by molar-refractivity contribution is 9.10. The van der Waals surface area contributed by atoms with Gasteiger partial charge in [-0.1, -0.05) is 45.9 Å². The third-order valence-electron chi connectivity index (χ3n) is 5.25. The van der Waals surface area contributed by atoms with Crippen LogP contribution < -0.4 is 15.5 Å². The van der Waals surface area contributed by atoms with Crippen LogP contribution in [-0.2, 0) is 9.53 Å². The van der Waals surface area contributed by atoms with Crippen LogP contribution in [0.5, 0.6) is 0 Å². The molecule has 1 aromatic heterocycles. The highest BCUT2D eigenvalue weighted by Crippen LogP contribution is 2.26. The van der Waals surface area contributed by atoms with Crippen LogP contribution in [0.4, 0.5) is 23.3 Å². The molecule has 2 N–H and O–H groups in total. The van der Waals surface area contributed by atoms with Crippen LogP contribution in [0.2, 0.25) is 0 Å². The summed E-state index contributed by atoms with van der Waals surface area (Å²) in [5.74, 6) is 1.09. The van der Waals surface area contributed by atoms with Crippen LogP contribution in [0, 0.1) is 13.8 Å². The number of thioether (sulfide) groups is 1. The standard InChI is InChI=1S/C23H25BrN6O2S/c1-15-16(2)19(9-8-18(15)24)26-20(31)14-33-23-28-21(25-17-6-4-3-5-7-17)27-22(29-23)30-10-12-32-13-11-30/h3-9H,10-14H2,1-2H3,(H,26,31)(H,25,27,28,29). The zero-order valence-electron chi connectivity index (χ0n) is 18.5. The molecule has 1 fully saturated rings. The lowest BCUT2D eigenvalue weighted by Crippen LogP contribution is -2.37. The predicted octanol–water partition coefficient (Wildman–Crippen LogP) is 4.56. The molecule has 3 aromatic rings. The SMILES string of the molecule is Cc1c(Br)ccc(NC(=O)CSc2nc(Nc3ccccc3)nc(N3CCOCC3)n2)c1C. The Morgan fingerprint density at radius 3 is 2.58 bits per heavy atom. The molecule has 0 aliphatic carbocycles. The van der Waals surface area contributed by atoms with Crippen LogP contribution >= 0.6 is 27.7 Å². The van der Waals surface area contributed by atoms with E-state index in [1.807, 2.05) is 56.3 Å². The van der Waals surface area contributed by atoms with Gasteiger partial charge in [-0.25, -0.2) is 0 Å². The van der Waals surface area contributed by atoms with Gasteiger partial charge in [-0.15, -0.1) is 0 Å². The van der Waals surface area contributed by atoms with Crippen molar-refractivity contribution in [2.45, 2.75) is 19.0 Å². The third-order valence-corrected chi connectivity index (χ3v) is 6.96. The molecule has 8 nitrogen and oxygen atoms in total. The van der Waals surface area contributed by atoms with E-state index in [2.05, 4.69) is 46.4 Å². The van der Waals surface area contributed by atoms with Gasteiger partial charge in [0, 0.05) is 28.9 Å². The number of para-hydroxylation sites is 1. The summed E-state index contributed by atoms with van der Waals surface area (Å²) in [7, 11) is 0. The molecule has 10 heteroatoms. The number of carbonyl (C=O) groups is 1. The van der Waals surface area contributed by atoms with Crippen molar-refractivity contribution in [1.29, 1.82) is 0 Å². The van der Waals surface area contributed by atoms with Gasteiger partial charge in [0.25, 0.3) is 0 Å². The van der Waals surface area contributed by atoms with Gasteiger partial charge in [0.2, 0.25) is 17.8 Å². The molecule has 0 unspecified atom stereocenters. The molecule has 0 bridgehead atoms. The molecule has 1 aliphatic rings. The van der Waals surface area contributed by atoms with Crippen LogP contribution in [0.3, 0.4) is 0 Å². The zero-order valence-corrected chi connectivity index (χ0v) is 20.9. The fraction of sp³-hybridized carbons (Fsp3) is 0.304. The first kappa shape index (κ1) is 23.5. The smallest absolute Gasteiger partial charge is 0.234 e. The van der Waals surface area contributed by atoms with Crippen molar-refractivity contribution in [3.63, 3.8) is 0 Å². The average Bonchev–Trinajstić information content (AvgIpc) is 2.84. The van der Waals surface area contributed by atoms with Gasteiger partial charge in [0.1, 0.15) is 0 Å². The second kappa shape index (κ2) is 11.0. The number of nitrogens with zero attached hydrogens (tertiary/aromatic N) is 4. The minimum Gasteiger partial charge on any atom is -0.378 e. The van der Waals surface area contributed by atoms with Crippen molar-refractivity contribution in [3.8, 4) is 0 Å². The van der Waals surface area contributed by atoms with E-state index in [0.29, 0.717) is 43.4 Å². The van der Waals surface area contributed by atoms with Gasteiger partial charge in [0.15, 0.2) is 5.16 Å². The Morgan fingerprint density at radius 2 is 1.82 bits per heavy atom. The maximum atomic E-state index is 12.6. The van der Waals surface area contributed by atoms with Crippen molar-refractivity contribution < 1.29 is 9.53 Å². The number of hydrogen-bond donors (Lipinski definition) is 2. The molecular formula is C23H25BrN6O2S. The normalized spacial score (nSPS) is 13.6. The minimum atomic E-state index is -0.115. The van der Waals surface area contributed by atoms with Gasteiger partial charge >= 0.3 is 0 Å². The highest BCUT2D eigenvalue weighted by Gasteiger charge is 2.18. The number of aromatic nitrogens is 3. The van der Waals surface area contributed by atoms with Crippen LogP contribution in [0.1, 0.15) is 11.1 Å². The number of hydrogen-bond acceptors (Lipinski definition) is 8. The number of carbonyl (C=O) groups excluding carboxylic acids is 1. The summed E-state index contributed by atoms with van der Waals surface area (Å²) in [6, 6.07) is 13.6. The molecule has 0 radical (unpaired) electrons. The van der Waals surface area contributed by atoms with Crippen molar-refractivity contribution in [1.82, 2.24) is 15.0 Å². The summed E-state index contributed by atoms with van der Waals surface area (Å²) in [6.07, 6.45) is 0. The molecule has 172 valence electrons. The Kier molecular flexibility index (Phi) is 7.79. The molecule has 1 aliphatic heterocycles.